The van der Waals surface area contributed by atoms with Crippen molar-refractivity contribution < 1.29 is 24.2 Å². The van der Waals surface area contributed by atoms with Crippen molar-refractivity contribution in [3.63, 3.8) is 0 Å². The molecule has 1 aromatic carbocycles. The van der Waals surface area contributed by atoms with E-state index in [1.165, 1.54) is 7.11 Å². The molecule has 0 aliphatic carbocycles. The molecule has 8 nitrogen and oxygen atoms in total. The molecular formula is C21H29N3O5. The van der Waals surface area contributed by atoms with Crippen LogP contribution in [-0.4, -0.2) is 45.5 Å². The molecule has 2 rings (SSSR count). The Morgan fingerprint density at radius 1 is 1.24 bits per heavy atom. The number of alkyl carbamates (subject to hydrolysis) is 1. The van der Waals surface area contributed by atoms with Crippen LogP contribution in [-0.2, 0) is 27.7 Å². The zero-order chi connectivity index (χ0) is 21.8. The molecule has 0 spiro atoms. The molecule has 2 atom stereocenters. The molecule has 0 fully saturated rings. The lowest BCUT2D eigenvalue weighted by atomic mass is 10.0. The summed E-state index contributed by atoms with van der Waals surface area (Å²) in [6.07, 6.45) is 0.766. The minimum Gasteiger partial charge on any atom is -0.467 e. The molecule has 158 valence electrons. The molecule has 2 N–H and O–H groups in total. The topological polar surface area (TPSA) is 103 Å². The number of benzene rings is 1. The van der Waals surface area contributed by atoms with Crippen molar-refractivity contribution in [1.29, 1.82) is 0 Å². The number of imidazole rings is 1. The summed E-state index contributed by atoms with van der Waals surface area (Å²) in [6.45, 7) is 6.91. The Bertz CT molecular complexity index is 850. The number of carbonyl (C=O) groups is 2. The highest BCUT2D eigenvalue weighted by molar-refractivity contribution is 5.81. The van der Waals surface area contributed by atoms with Crippen molar-refractivity contribution in [3.8, 4) is 11.3 Å². The molecule has 1 heterocycles. The third-order valence-corrected chi connectivity index (χ3v) is 4.15. The van der Waals surface area contributed by atoms with Crippen molar-refractivity contribution in [3.05, 3.63) is 41.9 Å². The molecular weight excluding hydrogens is 374 g/mol. The highest BCUT2D eigenvalue weighted by Gasteiger charge is 2.25. The normalized spacial score (nSPS) is 13.5. The monoisotopic (exact) mass is 403 g/mol. The summed E-state index contributed by atoms with van der Waals surface area (Å²) in [6, 6.07) is 6.62. The first kappa shape index (κ1) is 22.4. The summed E-state index contributed by atoms with van der Waals surface area (Å²) in [7, 11) is 3.10. The zero-order valence-electron chi connectivity index (χ0n) is 17.7. The number of hydrogen-bond acceptors (Lipinski definition) is 6. The minimum atomic E-state index is -0.864. The summed E-state index contributed by atoms with van der Waals surface area (Å²) in [4.78, 5) is 28.6. The van der Waals surface area contributed by atoms with E-state index in [0.717, 1.165) is 16.8 Å². The fraction of sp³-hybridized carbons (Fsp3) is 0.476. The van der Waals surface area contributed by atoms with Gasteiger partial charge in [-0.25, -0.2) is 14.6 Å². The lowest BCUT2D eigenvalue weighted by molar-refractivity contribution is -0.143. The minimum absolute atomic E-state index is 0.257. The summed E-state index contributed by atoms with van der Waals surface area (Å²) in [5, 5.41) is 12.3. The van der Waals surface area contributed by atoms with Gasteiger partial charge in [0.2, 0.25) is 0 Å². The van der Waals surface area contributed by atoms with E-state index in [1.54, 1.807) is 32.3 Å². The molecule has 1 aromatic heterocycles. The Morgan fingerprint density at radius 2 is 1.86 bits per heavy atom. The summed E-state index contributed by atoms with van der Waals surface area (Å²) in [5.74, 6) is 0.0302. The van der Waals surface area contributed by atoms with Crippen LogP contribution in [0.3, 0.4) is 0 Å². The number of ether oxygens (including phenoxy) is 2. The molecule has 8 heteroatoms. The summed E-state index contributed by atoms with van der Waals surface area (Å²) < 4.78 is 11.8. The molecule has 1 amide bonds. The smallest absolute Gasteiger partial charge is 0.408 e. The van der Waals surface area contributed by atoms with E-state index in [9.17, 15) is 14.7 Å². The van der Waals surface area contributed by atoms with Crippen molar-refractivity contribution in [2.45, 2.75) is 51.9 Å². The third kappa shape index (κ3) is 6.32. The Labute approximate surface area is 170 Å². The number of carbonyl (C=O) groups excluding carboxylic acids is 2. The van der Waals surface area contributed by atoms with Crippen molar-refractivity contribution in [2.75, 3.05) is 7.11 Å². The number of methoxy groups -OCH3 is 1. The molecule has 2 aromatic rings. The van der Waals surface area contributed by atoms with Gasteiger partial charge >= 0.3 is 12.1 Å². The predicted octanol–water partition coefficient (Wildman–Crippen LogP) is 2.75. The molecule has 2 unspecified atom stereocenters. The first-order valence-corrected chi connectivity index (χ1v) is 9.38. The largest absolute Gasteiger partial charge is 0.467 e. The predicted molar refractivity (Wildman–Crippen MR) is 108 cm³/mol. The lowest BCUT2D eigenvalue weighted by Crippen LogP contribution is -2.45. The second-order valence-corrected chi connectivity index (χ2v) is 7.89. The lowest BCUT2D eigenvalue weighted by Gasteiger charge is -2.22. The Balaban J connectivity index is 2.13. The standard InChI is InChI=1S/C21H29N3O5/c1-13(25)18-22-17(12-24(18)5)15-9-7-14(8-10-15)11-16(19(26)28-6)23-20(27)29-21(2,3)4/h7-10,12-13,16,25H,11H2,1-6H3,(H,23,27). The Morgan fingerprint density at radius 3 is 2.34 bits per heavy atom. The van der Waals surface area contributed by atoms with E-state index in [-0.39, 0.29) is 6.42 Å². The van der Waals surface area contributed by atoms with E-state index in [2.05, 4.69) is 10.3 Å². The van der Waals surface area contributed by atoms with E-state index in [1.807, 2.05) is 37.5 Å². The summed E-state index contributed by atoms with van der Waals surface area (Å²) in [5.41, 5.74) is 1.80. The molecule has 0 aliphatic heterocycles. The number of esters is 1. The van der Waals surface area contributed by atoms with Gasteiger partial charge in [0, 0.05) is 25.2 Å². The van der Waals surface area contributed by atoms with Crippen LogP contribution < -0.4 is 5.32 Å². The van der Waals surface area contributed by atoms with Gasteiger partial charge in [0.1, 0.15) is 23.6 Å². The molecule has 0 bridgehead atoms. The molecule has 0 aliphatic rings. The van der Waals surface area contributed by atoms with Crippen LogP contribution in [0.1, 0.15) is 45.2 Å². The first-order chi connectivity index (χ1) is 13.5. The van der Waals surface area contributed by atoms with Gasteiger partial charge in [-0.15, -0.1) is 0 Å². The third-order valence-electron chi connectivity index (χ3n) is 4.15. The van der Waals surface area contributed by atoms with Crippen molar-refractivity contribution in [2.24, 2.45) is 7.05 Å². The maximum absolute atomic E-state index is 12.1. The zero-order valence-corrected chi connectivity index (χ0v) is 17.7. The van der Waals surface area contributed by atoms with Crippen molar-refractivity contribution in [1.82, 2.24) is 14.9 Å². The van der Waals surface area contributed by atoms with E-state index in [0.29, 0.717) is 5.82 Å². The molecule has 0 radical (unpaired) electrons. The van der Waals surface area contributed by atoms with Gasteiger partial charge in [0.25, 0.3) is 0 Å². The van der Waals surface area contributed by atoms with Gasteiger partial charge in [0.05, 0.1) is 12.8 Å². The van der Waals surface area contributed by atoms with Gasteiger partial charge in [-0.2, -0.15) is 0 Å². The molecule has 0 saturated heterocycles. The van der Waals surface area contributed by atoms with Crippen molar-refractivity contribution >= 4 is 12.1 Å². The van der Waals surface area contributed by atoms with E-state index in [4.69, 9.17) is 9.47 Å². The fourth-order valence-corrected chi connectivity index (χ4v) is 2.84. The molecule has 29 heavy (non-hydrogen) atoms. The summed E-state index contributed by atoms with van der Waals surface area (Å²) >= 11 is 0. The maximum Gasteiger partial charge on any atom is 0.408 e. The van der Waals surface area contributed by atoms with Crippen LogP contribution in [0.4, 0.5) is 4.79 Å². The fourth-order valence-electron chi connectivity index (χ4n) is 2.84. The van der Waals surface area contributed by atoms with Crippen LogP contribution in [0.25, 0.3) is 11.3 Å². The number of nitrogens with zero attached hydrogens (tertiary/aromatic N) is 2. The number of hydrogen-bond donors (Lipinski definition) is 2. The number of aryl methyl sites for hydroxylation is 1. The number of nitrogens with one attached hydrogen (secondary N) is 1. The SMILES string of the molecule is COC(=O)C(Cc1ccc(-c2cn(C)c(C(C)O)n2)cc1)NC(=O)OC(C)(C)C. The van der Waals surface area contributed by atoms with Crippen LogP contribution in [0.15, 0.2) is 30.5 Å². The van der Waals surface area contributed by atoms with Gasteiger partial charge in [0.15, 0.2) is 0 Å². The van der Waals surface area contributed by atoms with E-state index < -0.39 is 29.8 Å². The number of aromatic nitrogens is 2. The van der Waals surface area contributed by atoms with E-state index >= 15 is 0 Å². The van der Waals surface area contributed by atoms with Gasteiger partial charge in [-0.1, -0.05) is 24.3 Å². The highest BCUT2D eigenvalue weighted by Crippen LogP contribution is 2.22. The number of rotatable bonds is 6. The van der Waals surface area contributed by atoms with Crippen LogP contribution in [0.2, 0.25) is 0 Å². The van der Waals surface area contributed by atoms with Gasteiger partial charge in [-0.05, 0) is 33.3 Å². The van der Waals surface area contributed by atoms with Crippen LogP contribution in [0.5, 0.6) is 0 Å². The molecule has 0 saturated carbocycles. The Kier molecular flexibility index (Phi) is 7.02. The maximum atomic E-state index is 12.1. The Hall–Kier alpha value is -2.87. The first-order valence-electron chi connectivity index (χ1n) is 9.38. The number of aliphatic hydroxyl groups is 1. The average molecular weight is 403 g/mol. The average Bonchev–Trinajstić information content (AvgIpc) is 3.01. The second-order valence-electron chi connectivity index (χ2n) is 7.89. The van der Waals surface area contributed by atoms with Crippen LogP contribution >= 0.6 is 0 Å². The van der Waals surface area contributed by atoms with Gasteiger partial charge in [-0.3, -0.25) is 0 Å². The quantitative estimate of drug-likeness (QED) is 0.719. The van der Waals surface area contributed by atoms with Crippen LogP contribution in [0, 0.1) is 0 Å². The highest BCUT2D eigenvalue weighted by atomic mass is 16.6. The second kappa shape index (κ2) is 9.09. The number of aliphatic hydroxyl groups excluding tert-OH is 1. The van der Waals surface area contributed by atoms with Gasteiger partial charge < -0.3 is 24.5 Å². The number of amides is 1.